The predicted octanol–water partition coefficient (Wildman–Crippen LogP) is 1.90. The Bertz CT molecular complexity index is 510. The van der Waals surface area contributed by atoms with Crippen LogP contribution in [0.2, 0.25) is 5.02 Å². The maximum Gasteiger partial charge on any atom is 0.273 e. The third-order valence-corrected chi connectivity index (χ3v) is 2.33. The third kappa shape index (κ3) is 2.14. The highest BCUT2D eigenvalue weighted by molar-refractivity contribution is 6.33. The molecule has 0 unspecified atom stereocenters. The molecule has 2 rings (SSSR count). The summed E-state index contributed by atoms with van der Waals surface area (Å²) in [5.41, 5.74) is 6.99. The number of nitrogen functional groups attached to an aromatic ring is 1. The number of anilines is 2. The molecule has 0 aliphatic rings. The van der Waals surface area contributed by atoms with Crippen molar-refractivity contribution in [1.29, 1.82) is 0 Å². The van der Waals surface area contributed by atoms with E-state index in [0.717, 1.165) is 0 Å². The van der Waals surface area contributed by atoms with Gasteiger partial charge in [-0.25, -0.2) is 0 Å². The van der Waals surface area contributed by atoms with Crippen LogP contribution in [0.5, 0.6) is 0 Å². The SMILES string of the molecule is Nc1ccc(NC(=O)c2ccn[nH]2)cc1Cl. The molecule has 0 saturated carbocycles. The first-order chi connectivity index (χ1) is 7.66. The number of carbonyl (C=O) groups excluding carboxylic acids is 1. The summed E-state index contributed by atoms with van der Waals surface area (Å²) in [7, 11) is 0. The normalized spacial score (nSPS) is 10.1. The van der Waals surface area contributed by atoms with Crippen LogP contribution in [-0.2, 0) is 0 Å². The quantitative estimate of drug-likeness (QED) is 0.697. The van der Waals surface area contributed by atoms with Crippen LogP contribution in [0.25, 0.3) is 0 Å². The van der Waals surface area contributed by atoms with Crippen molar-refractivity contribution in [2.75, 3.05) is 11.1 Å². The molecule has 0 aliphatic heterocycles. The van der Waals surface area contributed by atoms with Gasteiger partial charge in [0.2, 0.25) is 0 Å². The lowest BCUT2D eigenvalue weighted by molar-refractivity contribution is 0.102. The zero-order valence-corrected chi connectivity index (χ0v) is 8.95. The third-order valence-electron chi connectivity index (χ3n) is 2.00. The van der Waals surface area contributed by atoms with Gasteiger partial charge in [-0.2, -0.15) is 5.10 Å². The summed E-state index contributed by atoms with van der Waals surface area (Å²) in [6.45, 7) is 0. The zero-order valence-electron chi connectivity index (χ0n) is 8.20. The molecule has 0 fully saturated rings. The van der Waals surface area contributed by atoms with Crippen LogP contribution in [0, 0.1) is 0 Å². The smallest absolute Gasteiger partial charge is 0.273 e. The van der Waals surface area contributed by atoms with Crippen LogP contribution in [0.4, 0.5) is 11.4 Å². The lowest BCUT2D eigenvalue weighted by Crippen LogP contribution is -2.12. The van der Waals surface area contributed by atoms with E-state index in [1.54, 1.807) is 24.3 Å². The van der Waals surface area contributed by atoms with Crippen LogP contribution < -0.4 is 11.1 Å². The molecule has 1 heterocycles. The van der Waals surface area contributed by atoms with E-state index in [1.807, 2.05) is 0 Å². The molecule has 16 heavy (non-hydrogen) atoms. The summed E-state index contributed by atoms with van der Waals surface area (Å²) < 4.78 is 0. The van der Waals surface area contributed by atoms with Gasteiger partial charge < -0.3 is 11.1 Å². The molecule has 4 N–H and O–H groups in total. The van der Waals surface area contributed by atoms with Crippen molar-refractivity contribution in [3.05, 3.63) is 41.2 Å². The molecule has 0 atom stereocenters. The standard InChI is InChI=1S/C10H9ClN4O/c11-7-5-6(1-2-8(7)12)14-10(16)9-3-4-13-15-9/h1-5H,12H2,(H,13,15)(H,14,16). The van der Waals surface area contributed by atoms with E-state index in [1.165, 1.54) is 6.20 Å². The highest BCUT2D eigenvalue weighted by atomic mass is 35.5. The van der Waals surface area contributed by atoms with Gasteiger partial charge in [-0.1, -0.05) is 11.6 Å². The molecule has 1 aromatic heterocycles. The molecule has 5 nitrogen and oxygen atoms in total. The van der Waals surface area contributed by atoms with E-state index >= 15 is 0 Å². The van der Waals surface area contributed by atoms with Crippen LogP contribution in [0.1, 0.15) is 10.5 Å². The van der Waals surface area contributed by atoms with Gasteiger partial charge in [-0.05, 0) is 24.3 Å². The number of amides is 1. The van der Waals surface area contributed by atoms with Gasteiger partial charge in [0.05, 0.1) is 10.7 Å². The lowest BCUT2D eigenvalue weighted by Gasteiger charge is -2.05. The minimum atomic E-state index is -0.279. The fourth-order valence-corrected chi connectivity index (χ4v) is 1.37. The van der Waals surface area contributed by atoms with E-state index in [4.69, 9.17) is 17.3 Å². The first-order valence-electron chi connectivity index (χ1n) is 4.52. The van der Waals surface area contributed by atoms with E-state index in [2.05, 4.69) is 15.5 Å². The summed E-state index contributed by atoms with van der Waals surface area (Å²) in [5, 5.41) is 9.32. The number of carbonyl (C=O) groups is 1. The van der Waals surface area contributed by atoms with Crippen molar-refractivity contribution >= 4 is 28.9 Å². The Hall–Kier alpha value is -2.01. The Kier molecular flexibility index (Phi) is 2.78. The van der Waals surface area contributed by atoms with E-state index in [-0.39, 0.29) is 5.91 Å². The van der Waals surface area contributed by atoms with Crippen molar-refractivity contribution in [1.82, 2.24) is 10.2 Å². The van der Waals surface area contributed by atoms with E-state index < -0.39 is 0 Å². The monoisotopic (exact) mass is 236 g/mol. The highest BCUT2D eigenvalue weighted by Crippen LogP contribution is 2.22. The fourth-order valence-electron chi connectivity index (χ4n) is 1.19. The molecule has 2 aromatic rings. The molecule has 0 saturated heterocycles. The van der Waals surface area contributed by atoms with Gasteiger partial charge in [-0.15, -0.1) is 0 Å². The number of rotatable bonds is 2. The number of hydrogen-bond acceptors (Lipinski definition) is 3. The molecule has 1 aromatic carbocycles. The summed E-state index contributed by atoms with van der Waals surface area (Å²) in [5.74, 6) is -0.279. The Labute approximate surface area is 96.6 Å². The number of aromatic nitrogens is 2. The summed E-state index contributed by atoms with van der Waals surface area (Å²) in [4.78, 5) is 11.6. The molecule has 0 radical (unpaired) electrons. The van der Waals surface area contributed by atoms with Crippen molar-refractivity contribution in [3.63, 3.8) is 0 Å². The van der Waals surface area contributed by atoms with Gasteiger partial charge >= 0.3 is 0 Å². The van der Waals surface area contributed by atoms with Gasteiger partial charge in [0.15, 0.2) is 0 Å². The van der Waals surface area contributed by atoms with Crippen LogP contribution in [-0.4, -0.2) is 16.1 Å². The molecular formula is C10H9ClN4O. The number of H-pyrrole nitrogens is 1. The number of halogens is 1. The van der Waals surface area contributed by atoms with Crippen molar-refractivity contribution in [2.45, 2.75) is 0 Å². The molecule has 1 amide bonds. The van der Waals surface area contributed by atoms with E-state index in [9.17, 15) is 4.79 Å². The topological polar surface area (TPSA) is 83.8 Å². The Balaban J connectivity index is 2.15. The van der Waals surface area contributed by atoms with Gasteiger partial charge in [0, 0.05) is 11.9 Å². The first kappa shape index (κ1) is 10.5. The second-order valence-electron chi connectivity index (χ2n) is 3.16. The van der Waals surface area contributed by atoms with Crippen molar-refractivity contribution in [3.8, 4) is 0 Å². The molecule has 6 heteroatoms. The number of nitrogens with two attached hydrogens (primary N) is 1. The average Bonchev–Trinajstić information content (AvgIpc) is 2.77. The van der Waals surface area contributed by atoms with Gasteiger partial charge in [0.1, 0.15) is 5.69 Å². The van der Waals surface area contributed by atoms with E-state index in [0.29, 0.717) is 22.1 Å². The number of nitrogens with zero attached hydrogens (tertiary/aromatic N) is 1. The van der Waals surface area contributed by atoms with Crippen LogP contribution in [0.15, 0.2) is 30.5 Å². The minimum absolute atomic E-state index is 0.279. The maximum atomic E-state index is 11.6. The number of benzene rings is 1. The number of aromatic amines is 1. The maximum absolute atomic E-state index is 11.6. The van der Waals surface area contributed by atoms with Crippen LogP contribution >= 0.6 is 11.6 Å². The molecule has 82 valence electrons. The lowest BCUT2D eigenvalue weighted by atomic mass is 10.2. The summed E-state index contributed by atoms with van der Waals surface area (Å²) in [6, 6.07) is 6.47. The van der Waals surface area contributed by atoms with Crippen molar-refractivity contribution < 1.29 is 4.79 Å². The van der Waals surface area contributed by atoms with Gasteiger partial charge in [-0.3, -0.25) is 9.89 Å². The highest BCUT2D eigenvalue weighted by Gasteiger charge is 2.07. The van der Waals surface area contributed by atoms with Gasteiger partial charge in [0.25, 0.3) is 5.91 Å². The van der Waals surface area contributed by atoms with Crippen LogP contribution in [0.3, 0.4) is 0 Å². The number of nitrogens with one attached hydrogen (secondary N) is 2. The fraction of sp³-hybridized carbons (Fsp3) is 0. The predicted molar refractivity (Wildman–Crippen MR) is 62.4 cm³/mol. The Morgan fingerprint density at radius 1 is 1.44 bits per heavy atom. The summed E-state index contributed by atoms with van der Waals surface area (Å²) in [6.07, 6.45) is 1.50. The second kappa shape index (κ2) is 4.24. The van der Waals surface area contributed by atoms with Crippen molar-refractivity contribution in [2.24, 2.45) is 0 Å². The number of hydrogen-bond donors (Lipinski definition) is 3. The molecule has 0 spiro atoms. The zero-order chi connectivity index (χ0) is 11.5. The molecule has 0 bridgehead atoms. The molecular weight excluding hydrogens is 228 g/mol. The Morgan fingerprint density at radius 2 is 2.25 bits per heavy atom. The average molecular weight is 237 g/mol. The largest absolute Gasteiger partial charge is 0.398 e. The summed E-state index contributed by atoms with van der Waals surface area (Å²) >= 11 is 5.83. The first-order valence-corrected chi connectivity index (χ1v) is 4.90. The Morgan fingerprint density at radius 3 is 2.88 bits per heavy atom. The minimum Gasteiger partial charge on any atom is -0.398 e. The second-order valence-corrected chi connectivity index (χ2v) is 3.57. The molecule has 0 aliphatic carbocycles.